The lowest BCUT2D eigenvalue weighted by atomic mass is 10.3. The van der Waals surface area contributed by atoms with Crippen LogP contribution in [0.25, 0.3) is 10.2 Å². The van der Waals surface area contributed by atoms with E-state index in [1.165, 1.54) is 4.70 Å². The summed E-state index contributed by atoms with van der Waals surface area (Å²) in [5, 5.41) is 4.66. The highest BCUT2D eigenvalue weighted by atomic mass is 32.1. The number of hydrogen-bond donors (Lipinski definition) is 1. The van der Waals surface area contributed by atoms with Gasteiger partial charge in [0.2, 0.25) is 0 Å². The number of nitrogens with one attached hydrogen (secondary N) is 1. The molecule has 0 saturated heterocycles. The lowest BCUT2D eigenvalue weighted by Crippen LogP contribution is -2.35. The molecule has 1 aromatic carbocycles. The van der Waals surface area contributed by atoms with Crippen LogP contribution in [0.3, 0.4) is 0 Å². The van der Waals surface area contributed by atoms with Crippen molar-refractivity contribution in [3.63, 3.8) is 0 Å². The van der Waals surface area contributed by atoms with Crippen LogP contribution in [0.15, 0.2) is 24.3 Å². The van der Waals surface area contributed by atoms with Gasteiger partial charge < -0.3 is 10.2 Å². The van der Waals surface area contributed by atoms with Gasteiger partial charge >= 0.3 is 0 Å². The monoisotopic (exact) mass is 249 g/mol. The summed E-state index contributed by atoms with van der Waals surface area (Å²) in [6.07, 6.45) is 0. The van der Waals surface area contributed by atoms with E-state index in [-0.39, 0.29) is 0 Å². The number of hydrogen-bond acceptors (Lipinski definition) is 4. The second-order valence-electron chi connectivity index (χ2n) is 4.62. The average Bonchev–Trinajstić information content (AvgIpc) is 2.68. The molecule has 92 valence electrons. The van der Waals surface area contributed by atoms with Gasteiger partial charge in [-0.1, -0.05) is 12.1 Å². The van der Waals surface area contributed by atoms with E-state index >= 15 is 0 Å². The summed E-state index contributed by atoms with van der Waals surface area (Å²) >= 11 is 1.77. The molecule has 1 unspecified atom stereocenters. The largest absolute Gasteiger partial charge is 0.308 e. The highest BCUT2D eigenvalue weighted by Crippen LogP contribution is 2.21. The minimum Gasteiger partial charge on any atom is -0.308 e. The van der Waals surface area contributed by atoms with E-state index in [1.807, 2.05) is 6.07 Å². The smallest absolute Gasteiger partial charge is 0.108 e. The van der Waals surface area contributed by atoms with Crippen molar-refractivity contribution >= 4 is 21.6 Å². The first-order valence-corrected chi connectivity index (χ1v) is 6.69. The molecule has 0 bridgehead atoms. The van der Waals surface area contributed by atoms with Crippen LogP contribution < -0.4 is 5.32 Å². The van der Waals surface area contributed by atoms with Crippen molar-refractivity contribution in [2.75, 3.05) is 20.6 Å². The van der Waals surface area contributed by atoms with Gasteiger partial charge in [-0.15, -0.1) is 11.3 Å². The predicted molar refractivity (Wildman–Crippen MR) is 74.5 cm³/mol. The van der Waals surface area contributed by atoms with Crippen molar-refractivity contribution in [3.8, 4) is 0 Å². The minimum absolute atomic E-state index is 0.483. The van der Waals surface area contributed by atoms with Crippen LogP contribution in [0.2, 0.25) is 0 Å². The van der Waals surface area contributed by atoms with Crippen LogP contribution in [-0.2, 0) is 6.54 Å². The average molecular weight is 249 g/mol. The van der Waals surface area contributed by atoms with Crippen LogP contribution in [0, 0.1) is 0 Å². The van der Waals surface area contributed by atoms with Gasteiger partial charge in [0, 0.05) is 19.1 Å². The van der Waals surface area contributed by atoms with E-state index in [9.17, 15) is 0 Å². The number of aromatic nitrogens is 1. The number of likely N-dealkylation sites (N-methyl/N-ethyl adjacent to an activating group) is 1. The van der Waals surface area contributed by atoms with Crippen LogP contribution in [0.5, 0.6) is 0 Å². The quantitative estimate of drug-likeness (QED) is 0.881. The first-order chi connectivity index (χ1) is 8.15. The number of rotatable bonds is 5. The predicted octanol–water partition coefficient (Wildman–Crippen LogP) is 2.34. The van der Waals surface area contributed by atoms with E-state index < -0.39 is 0 Å². The number of benzene rings is 1. The summed E-state index contributed by atoms with van der Waals surface area (Å²) in [6, 6.07) is 8.77. The van der Waals surface area contributed by atoms with E-state index in [4.69, 9.17) is 0 Å². The summed E-state index contributed by atoms with van der Waals surface area (Å²) in [7, 11) is 4.19. The van der Waals surface area contributed by atoms with Gasteiger partial charge in [0.05, 0.1) is 10.2 Å². The normalized spacial score (nSPS) is 13.4. The zero-order valence-electron chi connectivity index (χ0n) is 10.6. The molecule has 0 aliphatic rings. The number of fused-ring (bicyclic) bond motifs is 1. The van der Waals surface area contributed by atoms with Gasteiger partial charge in [0.15, 0.2) is 0 Å². The van der Waals surface area contributed by atoms with Crippen LogP contribution in [-0.4, -0.2) is 36.6 Å². The third-order valence-corrected chi connectivity index (χ3v) is 3.62. The molecular weight excluding hydrogens is 230 g/mol. The molecule has 2 rings (SSSR count). The standard InChI is InChI=1S/C13H19N3S/c1-10(9-16(2)3)14-8-13-15-11-6-4-5-7-12(11)17-13/h4-7,10,14H,8-9H2,1-3H3. The molecule has 0 saturated carbocycles. The fourth-order valence-corrected chi connectivity index (χ4v) is 2.79. The molecule has 0 spiro atoms. The Morgan fingerprint density at radius 1 is 1.35 bits per heavy atom. The Hall–Kier alpha value is -0.970. The second kappa shape index (κ2) is 5.58. The highest BCUT2D eigenvalue weighted by Gasteiger charge is 2.06. The Morgan fingerprint density at radius 3 is 2.82 bits per heavy atom. The Bertz CT molecular complexity index is 445. The van der Waals surface area contributed by atoms with Gasteiger partial charge in [0.25, 0.3) is 0 Å². The maximum Gasteiger partial charge on any atom is 0.108 e. The van der Waals surface area contributed by atoms with Gasteiger partial charge in [-0.3, -0.25) is 0 Å². The lowest BCUT2D eigenvalue weighted by Gasteiger charge is -2.17. The molecule has 0 radical (unpaired) electrons. The zero-order chi connectivity index (χ0) is 12.3. The van der Waals surface area contributed by atoms with Gasteiger partial charge in [-0.05, 0) is 33.2 Å². The molecule has 1 aromatic heterocycles. The number of para-hydroxylation sites is 1. The molecule has 1 atom stereocenters. The van der Waals surface area contributed by atoms with Gasteiger partial charge in [-0.25, -0.2) is 4.98 Å². The highest BCUT2D eigenvalue weighted by molar-refractivity contribution is 7.18. The topological polar surface area (TPSA) is 28.2 Å². The van der Waals surface area contributed by atoms with E-state index in [1.54, 1.807) is 11.3 Å². The van der Waals surface area contributed by atoms with E-state index in [2.05, 4.69) is 54.4 Å². The molecule has 0 aliphatic carbocycles. The van der Waals surface area contributed by atoms with E-state index in [0.29, 0.717) is 6.04 Å². The molecule has 0 fully saturated rings. The Labute approximate surface area is 106 Å². The Balaban J connectivity index is 1.95. The summed E-state index contributed by atoms with van der Waals surface area (Å²) in [4.78, 5) is 6.80. The maximum atomic E-state index is 4.61. The van der Waals surface area contributed by atoms with Crippen LogP contribution in [0.4, 0.5) is 0 Å². The SMILES string of the molecule is CC(CN(C)C)NCc1nc2ccccc2s1. The molecule has 1 N–H and O–H groups in total. The fourth-order valence-electron chi connectivity index (χ4n) is 1.87. The summed E-state index contributed by atoms with van der Waals surface area (Å²) in [5.74, 6) is 0. The molecule has 0 aliphatic heterocycles. The minimum atomic E-state index is 0.483. The molecule has 3 nitrogen and oxygen atoms in total. The zero-order valence-corrected chi connectivity index (χ0v) is 11.4. The Morgan fingerprint density at radius 2 is 2.12 bits per heavy atom. The summed E-state index contributed by atoms with van der Waals surface area (Å²) in [5.41, 5.74) is 1.11. The number of thiazole rings is 1. The summed E-state index contributed by atoms with van der Waals surface area (Å²) in [6.45, 7) is 4.10. The van der Waals surface area contributed by atoms with Crippen molar-refractivity contribution < 1.29 is 0 Å². The third kappa shape index (κ3) is 3.49. The molecule has 0 amide bonds. The Kier molecular flexibility index (Phi) is 4.10. The molecule has 4 heteroatoms. The number of nitrogens with zero attached hydrogens (tertiary/aromatic N) is 2. The molecule has 2 aromatic rings. The second-order valence-corrected chi connectivity index (χ2v) is 5.73. The van der Waals surface area contributed by atoms with Gasteiger partial charge in [0.1, 0.15) is 5.01 Å². The molecule has 1 heterocycles. The third-order valence-electron chi connectivity index (χ3n) is 2.58. The van der Waals surface area contributed by atoms with Crippen molar-refractivity contribution in [3.05, 3.63) is 29.3 Å². The van der Waals surface area contributed by atoms with Crippen molar-refractivity contribution in [1.82, 2.24) is 15.2 Å². The lowest BCUT2D eigenvalue weighted by molar-refractivity contribution is 0.349. The van der Waals surface area contributed by atoms with Crippen LogP contribution in [0.1, 0.15) is 11.9 Å². The molecular formula is C13H19N3S. The van der Waals surface area contributed by atoms with Gasteiger partial charge in [-0.2, -0.15) is 0 Å². The summed E-state index contributed by atoms with van der Waals surface area (Å²) < 4.78 is 1.27. The first-order valence-electron chi connectivity index (χ1n) is 5.87. The first kappa shape index (κ1) is 12.5. The van der Waals surface area contributed by atoms with E-state index in [0.717, 1.165) is 23.6 Å². The maximum absolute atomic E-state index is 4.61. The van der Waals surface area contributed by atoms with Crippen molar-refractivity contribution in [2.45, 2.75) is 19.5 Å². The molecule has 17 heavy (non-hydrogen) atoms. The van der Waals surface area contributed by atoms with Crippen molar-refractivity contribution in [2.24, 2.45) is 0 Å². The van der Waals surface area contributed by atoms with Crippen LogP contribution >= 0.6 is 11.3 Å². The van der Waals surface area contributed by atoms with Crippen molar-refractivity contribution in [1.29, 1.82) is 0 Å². The fraction of sp³-hybridized carbons (Fsp3) is 0.462.